The zero-order valence-electron chi connectivity index (χ0n) is 15.5. The number of hydrogen-bond donors (Lipinski definition) is 5. The van der Waals surface area contributed by atoms with E-state index >= 15 is 0 Å². The summed E-state index contributed by atoms with van der Waals surface area (Å²) in [7, 11) is 0. The predicted octanol–water partition coefficient (Wildman–Crippen LogP) is 1.32. The quantitative estimate of drug-likeness (QED) is 0.376. The maximum atomic E-state index is 12.4. The third kappa shape index (κ3) is 5.26. The van der Waals surface area contributed by atoms with Gasteiger partial charge < -0.3 is 31.9 Å². The van der Waals surface area contributed by atoms with Gasteiger partial charge in [0.15, 0.2) is 5.82 Å². The fourth-order valence-corrected chi connectivity index (χ4v) is 2.34. The van der Waals surface area contributed by atoms with Crippen LogP contribution in [0.25, 0.3) is 0 Å². The summed E-state index contributed by atoms with van der Waals surface area (Å²) in [6.45, 7) is 2.28. The molecule has 0 aliphatic carbocycles. The number of carbonyl (C=O) groups is 2. The van der Waals surface area contributed by atoms with Crippen LogP contribution in [0.3, 0.4) is 0 Å². The molecule has 11 nitrogen and oxygen atoms in total. The van der Waals surface area contributed by atoms with Gasteiger partial charge in [0, 0.05) is 36.1 Å². The Balaban J connectivity index is 1.82. The SMILES string of the molecule is C[C@H](N)CNc1ncc(C(N)=O)c(Nc2cccc(C(=O)Nc3ccon3)c2)n1. The fourth-order valence-electron chi connectivity index (χ4n) is 2.34. The molecule has 3 rings (SSSR count). The number of benzene rings is 1. The first-order valence-electron chi connectivity index (χ1n) is 8.67. The summed E-state index contributed by atoms with van der Waals surface area (Å²) in [5.74, 6) is -0.278. The fraction of sp³-hybridized carbons (Fsp3) is 0.167. The Morgan fingerprint density at radius 2 is 2.10 bits per heavy atom. The molecule has 2 aromatic heterocycles. The Kier molecular flexibility index (Phi) is 6.00. The summed E-state index contributed by atoms with van der Waals surface area (Å²) in [6.07, 6.45) is 2.67. The van der Waals surface area contributed by atoms with Crippen LogP contribution >= 0.6 is 0 Å². The lowest BCUT2D eigenvalue weighted by Crippen LogP contribution is -2.26. The van der Waals surface area contributed by atoms with E-state index in [9.17, 15) is 9.59 Å². The van der Waals surface area contributed by atoms with Crippen LogP contribution in [0.4, 0.5) is 23.3 Å². The van der Waals surface area contributed by atoms with Crippen LogP contribution in [-0.4, -0.2) is 39.5 Å². The van der Waals surface area contributed by atoms with E-state index in [-0.39, 0.29) is 29.3 Å². The molecule has 0 aliphatic rings. The summed E-state index contributed by atoms with van der Waals surface area (Å²) in [6, 6.07) is 8.04. The van der Waals surface area contributed by atoms with Crippen molar-refractivity contribution in [3.8, 4) is 0 Å². The number of primary amides is 1. The molecule has 7 N–H and O–H groups in total. The number of nitrogens with one attached hydrogen (secondary N) is 3. The molecule has 11 heteroatoms. The molecule has 0 aliphatic heterocycles. The van der Waals surface area contributed by atoms with Gasteiger partial charge in [0.1, 0.15) is 17.6 Å². The summed E-state index contributed by atoms with van der Waals surface area (Å²) in [5, 5.41) is 12.2. The Labute approximate surface area is 165 Å². The second-order valence-electron chi connectivity index (χ2n) is 6.22. The van der Waals surface area contributed by atoms with Gasteiger partial charge in [-0.3, -0.25) is 9.59 Å². The second-order valence-corrected chi connectivity index (χ2v) is 6.22. The van der Waals surface area contributed by atoms with E-state index in [1.54, 1.807) is 24.3 Å². The van der Waals surface area contributed by atoms with Gasteiger partial charge in [0.2, 0.25) is 5.95 Å². The van der Waals surface area contributed by atoms with Gasteiger partial charge in [0.05, 0.1) is 0 Å². The van der Waals surface area contributed by atoms with Crippen molar-refractivity contribution in [1.29, 1.82) is 0 Å². The van der Waals surface area contributed by atoms with Crippen molar-refractivity contribution in [2.45, 2.75) is 13.0 Å². The van der Waals surface area contributed by atoms with Gasteiger partial charge >= 0.3 is 0 Å². The topological polar surface area (TPSA) is 174 Å². The number of hydrogen-bond acceptors (Lipinski definition) is 9. The van der Waals surface area contributed by atoms with Gasteiger partial charge in [-0.1, -0.05) is 11.2 Å². The second kappa shape index (κ2) is 8.80. The molecule has 0 bridgehead atoms. The van der Waals surface area contributed by atoms with E-state index in [1.807, 2.05) is 6.92 Å². The standard InChI is InChI=1S/C18H20N8O3/c1-10(19)8-21-18-22-9-13(15(20)27)16(25-18)23-12-4-2-3-11(7-12)17(28)24-14-5-6-29-26-14/h2-7,9-10H,8,19H2,1H3,(H2,20,27)(H,24,26,28)(H2,21,22,23,25)/t10-/m0/s1. The molecule has 1 aromatic carbocycles. The maximum Gasteiger partial charge on any atom is 0.256 e. The van der Waals surface area contributed by atoms with Crippen molar-refractivity contribution in [2.24, 2.45) is 11.5 Å². The largest absolute Gasteiger partial charge is 0.365 e. The molecular weight excluding hydrogens is 376 g/mol. The highest BCUT2D eigenvalue weighted by Crippen LogP contribution is 2.21. The maximum absolute atomic E-state index is 12.4. The van der Waals surface area contributed by atoms with Crippen LogP contribution in [0, 0.1) is 0 Å². The van der Waals surface area contributed by atoms with Crippen molar-refractivity contribution in [2.75, 3.05) is 22.5 Å². The predicted molar refractivity (Wildman–Crippen MR) is 107 cm³/mol. The molecule has 0 fully saturated rings. The Morgan fingerprint density at radius 1 is 1.28 bits per heavy atom. The monoisotopic (exact) mass is 396 g/mol. The van der Waals surface area contributed by atoms with Crippen molar-refractivity contribution in [3.63, 3.8) is 0 Å². The lowest BCUT2D eigenvalue weighted by Gasteiger charge is -2.13. The lowest BCUT2D eigenvalue weighted by molar-refractivity contribution is 0.0997. The third-order valence-electron chi connectivity index (χ3n) is 3.70. The molecule has 0 spiro atoms. The van der Waals surface area contributed by atoms with Crippen molar-refractivity contribution >= 4 is 35.1 Å². The molecule has 0 unspecified atom stereocenters. The number of amides is 2. The van der Waals surface area contributed by atoms with Crippen LogP contribution in [0.1, 0.15) is 27.6 Å². The number of nitrogens with two attached hydrogens (primary N) is 2. The van der Waals surface area contributed by atoms with Crippen LogP contribution in [0.2, 0.25) is 0 Å². The number of carbonyl (C=O) groups excluding carboxylic acids is 2. The molecule has 0 radical (unpaired) electrons. The first-order chi connectivity index (χ1) is 13.9. The van der Waals surface area contributed by atoms with Crippen molar-refractivity contribution in [3.05, 3.63) is 53.9 Å². The smallest absolute Gasteiger partial charge is 0.256 e. The lowest BCUT2D eigenvalue weighted by atomic mass is 10.2. The first kappa shape index (κ1) is 19.8. The Morgan fingerprint density at radius 3 is 2.79 bits per heavy atom. The molecule has 29 heavy (non-hydrogen) atoms. The van der Waals surface area contributed by atoms with Crippen molar-refractivity contribution < 1.29 is 14.1 Å². The zero-order chi connectivity index (χ0) is 20.8. The van der Waals surface area contributed by atoms with Crippen LogP contribution < -0.4 is 27.4 Å². The third-order valence-corrected chi connectivity index (χ3v) is 3.70. The van der Waals surface area contributed by atoms with E-state index in [4.69, 9.17) is 11.5 Å². The molecule has 1 atom stereocenters. The molecule has 150 valence electrons. The Hall–Kier alpha value is -3.99. The van der Waals surface area contributed by atoms with E-state index in [2.05, 4.69) is 35.6 Å². The average Bonchev–Trinajstić information content (AvgIpc) is 3.19. The minimum atomic E-state index is -0.689. The normalized spacial score (nSPS) is 11.5. The summed E-state index contributed by atoms with van der Waals surface area (Å²) in [5.41, 5.74) is 12.1. The highest BCUT2D eigenvalue weighted by atomic mass is 16.5. The zero-order valence-corrected chi connectivity index (χ0v) is 15.5. The molecule has 0 saturated carbocycles. The molecule has 2 amide bonds. The minimum Gasteiger partial charge on any atom is -0.365 e. The average molecular weight is 396 g/mol. The van der Waals surface area contributed by atoms with E-state index in [1.165, 1.54) is 18.5 Å². The van der Waals surface area contributed by atoms with Crippen molar-refractivity contribution in [1.82, 2.24) is 15.1 Å². The van der Waals surface area contributed by atoms with Gasteiger partial charge in [-0.15, -0.1) is 0 Å². The number of aromatic nitrogens is 3. The first-order valence-corrected chi connectivity index (χ1v) is 8.67. The van der Waals surface area contributed by atoms with Crippen LogP contribution in [0.5, 0.6) is 0 Å². The molecule has 3 aromatic rings. The molecular formula is C18H20N8O3. The molecule has 0 saturated heterocycles. The van der Waals surface area contributed by atoms with E-state index in [0.29, 0.717) is 23.6 Å². The highest BCUT2D eigenvalue weighted by molar-refractivity contribution is 6.04. The van der Waals surface area contributed by atoms with Gasteiger partial charge in [-0.05, 0) is 25.1 Å². The van der Waals surface area contributed by atoms with Crippen LogP contribution in [-0.2, 0) is 0 Å². The number of nitrogens with zero attached hydrogens (tertiary/aromatic N) is 3. The van der Waals surface area contributed by atoms with Gasteiger partial charge in [0.25, 0.3) is 11.8 Å². The van der Waals surface area contributed by atoms with E-state index in [0.717, 1.165) is 0 Å². The Bertz CT molecular complexity index is 1000. The minimum absolute atomic E-state index is 0.105. The molecule has 2 heterocycles. The summed E-state index contributed by atoms with van der Waals surface area (Å²) in [4.78, 5) is 32.4. The number of rotatable bonds is 8. The van der Waals surface area contributed by atoms with Crippen LogP contribution in [0.15, 0.2) is 47.3 Å². The van der Waals surface area contributed by atoms with Gasteiger partial charge in [-0.2, -0.15) is 4.98 Å². The summed E-state index contributed by atoms with van der Waals surface area (Å²) < 4.78 is 4.69. The highest BCUT2D eigenvalue weighted by Gasteiger charge is 2.14. The number of anilines is 4. The van der Waals surface area contributed by atoms with Gasteiger partial charge in [-0.25, -0.2) is 4.98 Å². The summed E-state index contributed by atoms with van der Waals surface area (Å²) >= 11 is 0. The van der Waals surface area contributed by atoms with E-state index < -0.39 is 5.91 Å².